The third-order valence-corrected chi connectivity index (χ3v) is 3.15. The maximum absolute atomic E-state index is 3.61. The van der Waals surface area contributed by atoms with Gasteiger partial charge in [-0.15, -0.1) is 0 Å². The molecule has 0 saturated heterocycles. The molecule has 0 unspecified atom stereocenters. The van der Waals surface area contributed by atoms with Gasteiger partial charge in [-0.25, -0.2) is 0 Å². The zero-order valence-electron chi connectivity index (χ0n) is 7.96. The summed E-state index contributed by atoms with van der Waals surface area (Å²) in [5.74, 6) is 0.935. The van der Waals surface area contributed by atoms with Crippen molar-refractivity contribution in [1.82, 2.24) is 4.90 Å². The van der Waals surface area contributed by atoms with E-state index < -0.39 is 0 Å². The molecule has 0 radical (unpaired) electrons. The Balaban J connectivity index is 2.06. The van der Waals surface area contributed by atoms with Gasteiger partial charge in [-0.05, 0) is 32.7 Å². The second-order valence-electron chi connectivity index (χ2n) is 3.72. The van der Waals surface area contributed by atoms with Gasteiger partial charge in [0.1, 0.15) is 0 Å². The summed E-state index contributed by atoms with van der Waals surface area (Å²) in [6.07, 6.45) is 7.05. The van der Waals surface area contributed by atoms with Gasteiger partial charge in [0.05, 0.1) is 0 Å². The highest BCUT2D eigenvalue weighted by atomic mass is 79.9. The average Bonchev–Trinajstić information content (AvgIpc) is 1.98. The molecule has 0 spiro atoms. The van der Waals surface area contributed by atoms with Crippen LogP contribution in [0.25, 0.3) is 0 Å². The van der Waals surface area contributed by atoms with E-state index in [1.165, 1.54) is 19.4 Å². The summed E-state index contributed by atoms with van der Waals surface area (Å²) in [6, 6.07) is 0. The molecule has 0 aromatic carbocycles. The van der Waals surface area contributed by atoms with E-state index in [-0.39, 0.29) is 0 Å². The average molecular weight is 232 g/mol. The number of nitrogens with zero attached hydrogens (tertiary/aromatic N) is 1. The Morgan fingerprint density at radius 3 is 2.67 bits per heavy atom. The lowest BCUT2D eigenvalue weighted by molar-refractivity contribution is 0.227. The number of rotatable bonds is 4. The van der Waals surface area contributed by atoms with Crippen LogP contribution in [-0.4, -0.2) is 29.9 Å². The van der Waals surface area contributed by atoms with Crippen LogP contribution in [0.3, 0.4) is 0 Å². The summed E-state index contributed by atoms with van der Waals surface area (Å²) in [4.78, 5) is 3.20. The molecule has 0 aromatic rings. The first-order valence-corrected chi connectivity index (χ1v) is 5.57. The van der Waals surface area contributed by atoms with Gasteiger partial charge in [0.15, 0.2) is 0 Å². The number of hydrogen-bond acceptors (Lipinski definition) is 1. The van der Waals surface area contributed by atoms with Crippen LogP contribution < -0.4 is 0 Å². The molecule has 0 heterocycles. The molecule has 1 aliphatic rings. The fraction of sp³-hybridized carbons (Fsp3) is 0.800. The molecule has 0 atom stereocenters. The first kappa shape index (κ1) is 10.3. The first-order valence-electron chi connectivity index (χ1n) is 4.66. The smallest absolute Gasteiger partial charge is 0.0160 e. The predicted octanol–water partition coefficient (Wildman–Crippen LogP) is 2.67. The first-order chi connectivity index (χ1) is 5.72. The van der Waals surface area contributed by atoms with Crippen LogP contribution in [0.1, 0.15) is 19.8 Å². The molecule has 1 rings (SSSR count). The van der Waals surface area contributed by atoms with Crippen molar-refractivity contribution in [2.75, 3.05) is 20.1 Å². The molecule has 2 heteroatoms. The predicted molar refractivity (Wildman–Crippen MR) is 57.8 cm³/mol. The van der Waals surface area contributed by atoms with Gasteiger partial charge in [0, 0.05) is 17.9 Å². The zero-order chi connectivity index (χ0) is 8.97. The van der Waals surface area contributed by atoms with Gasteiger partial charge in [0.25, 0.3) is 0 Å². The Hall–Kier alpha value is 0.180. The van der Waals surface area contributed by atoms with Crippen molar-refractivity contribution in [3.8, 4) is 0 Å². The van der Waals surface area contributed by atoms with Crippen LogP contribution in [-0.2, 0) is 0 Å². The van der Waals surface area contributed by atoms with E-state index in [1.807, 2.05) is 0 Å². The van der Waals surface area contributed by atoms with Crippen LogP contribution in [0.2, 0.25) is 0 Å². The minimum atomic E-state index is 0.803. The Morgan fingerprint density at radius 2 is 2.17 bits per heavy atom. The lowest BCUT2D eigenvalue weighted by Crippen LogP contribution is -2.34. The van der Waals surface area contributed by atoms with Crippen LogP contribution in [0.15, 0.2) is 12.2 Å². The lowest BCUT2D eigenvalue weighted by Gasteiger charge is -2.34. The van der Waals surface area contributed by atoms with Crippen molar-refractivity contribution in [3.05, 3.63) is 12.2 Å². The van der Waals surface area contributed by atoms with Crippen LogP contribution >= 0.6 is 15.9 Å². The van der Waals surface area contributed by atoms with E-state index in [0.717, 1.165) is 17.3 Å². The topological polar surface area (TPSA) is 3.24 Å². The standard InChI is InChI=1S/C10H18BrN/c1-3-4-5-12(2)8-9-6-10(11)7-9/h3-4,9-10H,5-8H2,1-2H3/b4-3+. The highest BCUT2D eigenvalue weighted by Crippen LogP contribution is 2.33. The fourth-order valence-corrected chi connectivity index (χ4v) is 2.66. The molecule has 0 bridgehead atoms. The Morgan fingerprint density at radius 1 is 1.50 bits per heavy atom. The van der Waals surface area contributed by atoms with E-state index >= 15 is 0 Å². The van der Waals surface area contributed by atoms with Crippen LogP contribution in [0.5, 0.6) is 0 Å². The second kappa shape index (κ2) is 5.03. The SMILES string of the molecule is C/C=C/CN(C)CC1CC(Br)C1. The van der Waals surface area contributed by atoms with E-state index in [4.69, 9.17) is 0 Å². The molecule has 0 aliphatic heterocycles. The van der Waals surface area contributed by atoms with E-state index in [0.29, 0.717) is 0 Å². The second-order valence-corrected chi connectivity index (χ2v) is 5.02. The minimum Gasteiger partial charge on any atom is -0.302 e. The molecular weight excluding hydrogens is 214 g/mol. The van der Waals surface area contributed by atoms with Crippen molar-refractivity contribution < 1.29 is 0 Å². The number of halogens is 1. The third kappa shape index (κ3) is 3.28. The molecule has 0 N–H and O–H groups in total. The lowest BCUT2D eigenvalue weighted by atomic mass is 9.85. The molecule has 1 fully saturated rings. The summed E-state index contributed by atoms with van der Waals surface area (Å²) in [5.41, 5.74) is 0. The maximum Gasteiger partial charge on any atom is 0.0160 e. The Bertz CT molecular complexity index is 150. The largest absolute Gasteiger partial charge is 0.302 e. The van der Waals surface area contributed by atoms with E-state index in [1.54, 1.807) is 0 Å². The van der Waals surface area contributed by atoms with Gasteiger partial charge < -0.3 is 4.90 Å². The normalized spacial score (nSPS) is 29.7. The Kier molecular flexibility index (Phi) is 4.30. The third-order valence-electron chi connectivity index (χ3n) is 2.40. The van der Waals surface area contributed by atoms with E-state index in [2.05, 4.69) is 47.0 Å². The van der Waals surface area contributed by atoms with Gasteiger partial charge in [-0.3, -0.25) is 0 Å². The van der Waals surface area contributed by atoms with Gasteiger partial charge in [0.2, 0.25) is 0 Å². The van der Waals surface area contributed by atoms with Crippen LogP contribution in [0.4, 0.5) is 0 Å². The summed E-state index contributed by atoms with van der Waals surface area (Å²) < 4.78 is 0. The molecule has 70 valence electrons. The fourth-order valence-electron chi connectivity index (χ4n) is 1.60. The number of alkyl halides is 1. The molecule has 1 aliphatic carbocycles. The van der Waals surface area contributed by atoms with Crippen molar-refractivity contribution >= 4 is 15.9 Å². The van der Waals surface area contributed by atoms with Crippen LogP contribution in [0, 0.1) is 5.92 Å². The summed E-state index contributed by atoms with van der Waals surface area (Å²) in [7, 11) is 2.20. The molecule has 1 nitrogen and oxygen atoms in total. The molecule has 0 amide bonds. The molecular formula is C10H18BrN. The zero-order valence-corrected chi connectivity index (χ0v) is 9.55. The quantitative estimate of drug-likeness (QED) is 0.532. The summed E-state index contributed by atoms with van der Waals surface area (Å²) in [5, 5.41) is 0. The number of allylic oxidation sites excluding steroid dienone is 1. The van der Waals surface area contributed by atoms with Gasteiger partial charge in [-0.2, -0.15) is 0 Å². The van der Waals surface area contributed by atoms with Crippen molar-refractivity contribution in [2.45, 2.75) is 24.6 Å². The van der Waals surface area contributed by atoms with Gasteiger partial charge >= 0.3 is 0 Å². The highest BCUT2D eigenvalue weighted by Gasteiger charge is 2.27. The van der Waals surface area contributed by atoms with Crippen molar-refractivity contribution in [1.29, 1.82) is 0 Å². The molecule has 12 heavy (non-hydrogen) atoms. The van der Waals surface area contributed by atoms with Crippen molar-refractivity contribution in [2.24, 2.45) is 5.92 Å². The molecule has 0 aromatic heterocycles. The number of hydrogen-bond donors (Lipinski definition) is 0. The highest BCUT2D eigenvalue weighted by molar-refractivity contribution is 9.09. The molecule has 1 saturated carbocycles. The summed E-state index contributed by atoms with van der Waals surface area (Å²) in [6.45, 7) is 4.43. The van der Waals surface area contributed by atoms with E-state index in [9.17, 15) is 0 Å². The monoisotopic (exact) mass is 231 g/mol. The van der Waals surface area contributed by atoms with Gasteiger partial charge in [-0.1, -0.05) is 28.1 Å². The van der Waals surface area contributed by atoms with Crippen molar-refractivity contribution in [3.63, 3.8) is 0 Å². The Labute approximate surface area is 84.0 Å². The minimum absolute atomic E-state index is 0.803. The maximum atomic E-state index is 3.61. The summed E-state index contributed by atoms with van der Waals surface area (Å²) >= 11 is 3.61. The number of likely N-dealkylation sites (N-methyl/N-ethyl adjacent to an activating group) is 1.